The minimum Gasteiger partial charge on any atom is -0.479 e. The van der Waals surface area contributed by atoms with E-state index in [-0.39, 0.29) is 25.9 Å². The molecule has 3 N–H and O–H groups in total. The number of carbonyl (C=O) groups is 4. The minimum atomic E-state index is -1.91. The third kappa shape index (κ3) is 46.5. The van der Waals surface area contributed by atoms with Crippen LogP contribution in [0.3, 0.4) is 0 Å². The summed E-state index contributed by atoms with van der Waals surface area (Å²) in [6, 6.07) is 0. The number of aliphatic carboxylic acids is 1. The highest BCUT2D eigenvalue weighted by atomic mass is 16.7. The number of carboxylic acid groups (broad SMARTS) is 1. The quantitative estimate of drug-likeness (QED) is 0.0228. The van der Waals surface area contributed by atoms with Gasteiger partial charge in [0.25, 0.3) is 0 Å². The molecule has 0 aromatic carbocycles. The van der Waals surface area contributed by atoms with Crippen LogP contribution in [0.2, 0.25) is 0 Å². The van der Waals surface area contributed by atoms with Gasteiger partial charge in [-0.1, -0.05) is 261 Å². The van der Waals surface area contributed by atoms with Gasteiger partial charge in [0.15, 0.2) is 24.6 Å². The first-order valence-corrected chi connectivity index (χ1v) is 33.3. The average molecular weight is 1140 g/mol. The molecule has 0 radical (unpaired) electrons. The molecule has 0 amide bonds. The molecule has 6 atom stereocenters. The third-order valence-corrected chi connectivity index (χ3v) is 15.0. The lowest BCUT2D eigenvalue weighted by Gasteiger charge is -2.40. The van der Waals surface area contributed by atoms with Gasteiger partial charge in [0.1, 0.15) is 18.8 Å². The number of esters is 3. The zero-order valence-corrected chi connectivity index (χ0v) is 51.8. The lowest BCUT2D eigenvalue weighted by atomic mass is 9.98. The fourth-order valence-electron chi connectivity index (χ4n) is 9.94. The topological polar surface area (TPSA) is 175 Å². The summed E-state index contributed by atoms with van der Waals surface area (Å²) in [6.45, 7) is 5.93. The Balaban J connectivity index is 2.63. The van der Waals surface area contributed by atoms with Crippen molar-refractivity contribution in [2.24, 2.45) is 0 Å². The zero-order chi connectivity index (χ0) is 58.9. The summed E-state index contributed by atoms with van der Waals surface area (Å²) in [6.07, 6.45) is 58.9. The van der Waals surface area contributed by atoms with E-state index in [1.165, 1.54) is 122 Å². The lowest BCUT2D eigenvalue weighted by Crippen LogP contribution is -2.61. The summed E-state index contributed by atoms with van der Waals surface area (Å²) in [4.78, 5) is 51.3. The Labute approximate surface area is 494 Å². The number of carbonyl (C=O) groups excluding carboxylic acids is 3. The van der Waals surface area contributed by atoms with Crippen molar-refractivity contribution < 1.29 is 58.2 Å². The van der Waals surface area contributed by atoms with Gasteiger partial charge in [-0.2, -0.15) is 0 Å². The second-order valence-electron chi connectivity index (χ2n) is 22.8. The van der Waals surface area contributed by atoms with Crippen molar-refractivity contribution in [1.29, 1.82) is 0 Å². The molecular formula is C69H120O12. The Morgan fingerprint density at radius 1 is 0.407 bits per heavy atom. The molecule has 1 saturated heterocycles. The fraction of sp³-hybridized carbons (Fsp3) is 0.797. The summed E-state index contributed by atoms with van der Waals surface area (Å²) >= 11 is 0. The predicted molar refractivity (Wildman–Crippen MR) is 331 cm³/mol. The summed E-state index contributed by atoms with van der Waals surface area (Å²) in [7, 11) is 0. The van der Waals surface area contributed by atoms with E-state index in [9.17, 15) is 34.5 Å². The van der Waals surface area contributed by atoms with Gasteiger partial charge in [-0.3, -0.25) is 14.4 Å². The van der Waals surface area contributed by atoms with E-state index in [0.717, 1.165) is 122 Å². The highest BCUT2D eigenvalue weighted by molar-refractivity contribution is 5.74. The molecule has 0 spiro atoms. The van der Waals surface area contributed by atoms with E-state index >= 15 is 0 Å². The molecule has 0 saturated carbocycles. The van der Waals surface area contributed by atoms with Crippen LogP contribution < -0.4 is 0 Å². The number of aliphatic hydroxyl groups is 2. The van der Waals surface area contributed by atoms with Gasteiger partial charge in [0.2, 0.25) is 0 Å². The summed E-state index contributed by atoms with van der Waals surface area (Å²) < 4.78 is 28.5. The van der Waals surface area contributed by atoms with Crippen molar-refractivity contribution in [2.75, 3.05) is 13.2 Å². The Bertz CT molecular complexity index is 1640. The summed E-state index contributed by atoms with van der Waals surface area (Å²) in [5.41, 5.74) is 0. The summed E-state index contributed by atoms with van der Waals surface area (Å²) in [5, 5.41) is 31.6. The third-order valence-electron chi connectivity index (χ3n) is 15.0. The second-order valence-corrected chi connectivity index (χ2v) is 22.8. The van der Waals surface area contributed by atoms with Crippen LogP contribution in [-0.4, -0.2) is 89.2 Å². The second kappa shape index (κ2) is 56.9. The molecule has 6 unspecified atom stereocenters. The van der Waals surface area contributed by atoms with E-state index in [1.807, 2.05) is 0 Å². The van der Waals surface area contributed by atoms with Crippen molar-refractivity contribution in [2.45, 2.75) is 340 Å². The molecule has 12 heteroatoms. The molecular weight excluding hydrogens is 1020 g/mol. The fourth-order valence-corrected chi connectivity index (χ4v) is 9.94. The molecule has 0 aromatic rings. The monoisotopic (exact) mass is 1140 g/mol. The maximum Gasteiger partial charge on any atom is 0.335 e. The van der Waals surface area contributed by atoms with Gasteiger partial charge in [0.05, 0.1) is 6.61 Å². The standard InChI is InChI=1S/C69H120O12/c1-4-7-10-13-16-19-22-25-27-29-31-33-35-38-40-43-46-49-52-55-61(70)77-58-60(79-62(71)56-53-50-47-44-41-37-24-21-18-15-12-9-6-3)59-78-69-67(65(74)64(73)66(81-69)68(75)76)80-63(72)57-54-51-48-45-42-39-36-34-32-30-28-26-23-20-17-14-11-8-5-2/h12,15,17,20-21,24,26,28,32,34,60,64-67,69,73-74H,4-11,13-14,16,18-19,22-23,25,27,29-31,33,35-59H2,1-3H3,(H,75,76)/b15-12-,20-17-,24-21-,28-26-,34-32-. The van der Waals surface area contributed by atoms with Crippen molar-refractivity contribution in [3.63, 3.8) is 0 Å². The Hall–Kier alpha value is -3.58. The first-order chi connectivity index (χ1) is 39.6. The first-order valence-electron chi connectivity index (χ1n) is 33.3. The maximum absolute atomic E-state index is 13.2. The molecule has 0 aliphatic carbocycles. The predicted octanol–water partition coefficient (Wildman–Crippen LogP) is 17.9. The van der Waals surface area contributed by atoms with Crippen LogP contribution in [0, 0.1) is 0 Å². The normalized spacial score (nSPS) is 18.1. The SMILES string of the molecule is CCC/C=C\C/C=C\CCCCCCCC(=O)OC(COC(=O)CCCCCCCCCCCCCCCCCCCCC)COC1OC(C(=O)O)C(O)C(O)C1OC(=O)CCCCCCCC/C=C\C/C=C\C/C=C\CCCCC. The number of hydrogen-bond donors (Lipinski definition) is 3. The minimum absolute atomic E-state index is 0.0447. The van der Waals surface area contributed by atoms with E-state index in [2.05, 4.69) is 81.5 Å². The van der Waals surface area contributed by atoms with Crippen LogP contribution in [0.25, 0.3) is 0 Å². The van der Waals surface area contributed by atoms with Gasteiger partial charge >= 0.3 is 23.9 Å². The van der Waals surface area contributed by atoms with Gasteiger partial charge in [-0.15, -0.1) is 0 Å². The van der Waals surface area contributed by atoms with E-state index in [1.54, 1.807) is 0 Å². The Morgan fingerprint density at radius 3 is 1.20 bits per heavy atom. The van der Waals surface area contributed by atoms with Crippen molar-refractivity contribution in [1.82, 2.24) is 0 Å². The van der Waals surface area contributed by atoms with Crippen LogP contribution in [0.15, 0.2) is 60.8 Å². The van der Waals surface area contributed by atoms with Crippen molar-refractivity contribution in [3.8, 4) is 0 Å². The number of unbranched alkanes of at least 4 members (excludes halogenated alkanes) is 33. The van der Waals surface area contributed by atoms with Gasteiger partial charge in [0, 0.05) is 19.3 Å². The van der Waals surface area contributed by atoms with Crippen molar-refractivity contribution >= 4 is 23.9 Å². The molecule has 1 fully saturated rings. The largest absolute Gasteiger partial charge is 0.479 e. The molecule has 0 bridgehead atoms. The Kier molecular flexibility index (Phi) is 53.0. The highest BCUT2D eigenvalue weighted by Gasteiger charge is 2.50. The van der Waals surface area contributed by atoms with E-state index in [4.69, 9.17) is 23.7 Å². The molecule has 468 valence electrons. The number of allylic oxidation sites excluding steroid dienone is 10. The highest BCUT2D eigenvalue weighted by Crippen LogP contribution is 2.27. The average Bonchev–Trinajstić information content (AvgIpc) is 3.54. The van der Waals surface area contributed by atoms with Crippen LogP contribution >= 0.6 is 0 Å². The number of aliphatic hydroxyl groups excluding tert-OH is 2. The molecule has 12 nitrogen and oxygen atoms in total. The molecule has 81 heavy (non-hydrogen) atoms. The van der Waals surface area contributed by atoms with E-state index in [0.29, 0.717) is 19.3 Å². The molecule has 0 aromatic heterocycles. The van der Waals surface area contributed by atoms with Gasteiger partial charge in [-0.25, -0.2) is 4.79 Å². The van der Waals surface area contributed by atoms with Crippen LogP contribution in [-0.2, 0) is 42.9 Å². The number of carboxylic acids is 1. The smallest absolute Gasteiger partial charge is 0.335 e. The zero-order valence-electron chi connectivity index (χ0n) is 51.8. The van der Waals surface area contributed by atoms with Gasteiger partial charge in [-0.05, 0) is 83.5 Å². The lowest BCUT2D eigenvalue weighted by molar-refractivity contribution is -0.301. The van der Waals surface area contributed by atoms with Crippen LogP contribution in [0.1, 0.15) is 303 Å². The van der Waals surface area contributed by atoms with Gasteiger partial charge < -0.3 is 39.0 Å². The van der Waals surface area contributed by atoms with Crippen LogP contribution in [0.4, 0.5) is 0 Å². The van der Waals surface area contributed by atoms with Crippen molar-refractivity contribution in [3.05, 3.63) is 60.8 Å². The maximum atomic E-state index is 13.2. The van der Waals surface area contributed by atoms with Crippen LogP contribution in [0.5, 0.6) is 0 Å². The Morgan fingerprint density at radius 2 is 0.765 bits per heavy atom. The molecule has 1 aliphatic rings. The number of rotatable bonds is 57. The molecule has 1 rings (SSSR count). The molecule has 1 heterocycles. The first kappa shape index (κ1) is 75.4. The number of hydrogen-bond acceptors (Lipinski definition) is 11. The number of ether oxygens (including phenoxy) is 5. The summed E-state index contributed by atoms with van der Waals surface area (Å²) in [5.74, 6) is -3.13. The molecule has 1 aliphatic heterocycles. The van der Waals surface area contributed by atoms with E-state index < -0.39 is 67.3 Å².